The van der Waals surface area contributed by atoms with Crippen LogP contribution in [0.2, 0.25) is 0 Å². The summed E-state index contributed by atoms with van der Waals surface area (Å²) in [4.78, 5) is 12.1. The van der Waals surface area contributed by atoms with E-state index in [9.17, 15) is 9.18 Å². The molecule has 2 heterocycles. The number of piperidine rings is 1. The van der Waals surface area contributed by atoms with E-state index in [1.54, 1.807) is 18.2 Å². The van der Waals surface area contributed by atoms with Crippen LogP contribution in [0.4, 0.5) is 4.39 Å². The topological polar surface area (TPSA) is 51.5 Å². The fraction of sp³-hybridized carbons (Fsp3) is 0.438. The molecular weight excluding hydrogens is 273 g/mol. The maximum atomic E-state index is 13.5. The third-order valence-corrected chi connectivity index (χ3v) is 3.74. The van der Waals surface area contributed by atoms with E-state index >= 15 is 0 Å². The van der Waals surface area contributed by atoms with Crippen molar-refractivity contribution in [1.82, 2.24) is 5.32 Å². The number of para-hydroxylation sites is 1. The van der Waals surface area contributed by atoms with Crippen LogP contribution in [0.5, 0.6) is 0 Å². The third kappa shape index (κ3) is 3.31. The Labute approximate surface area is 122 Å². The number of nitrogens with one attached hydrogen (secondary N) is 1. The van der Waals surface area contributed by atoms with Gasteiger partial charge in [0.05, 0.1) is 12.7 Å². The predicted octanol–water partition coefficient (Wildman–Crippen LogP) is 2.91. The Morgan fingerprint density at radius 1 is 1.38 bits per heavy atom. The van der Waals surface area contributed by atoms with Gasteiger partial charge in [-0.05, 0) is 38.1 Å². The fourth-order valence-corrected chi connectivity index (χ4v) is 2.57. The van der Waals surface area contributed by atoms with Crippen molar-refractivity contribution in [2.45, 2.75) is 25.4 Å². The Kier molecular flexibility index (Phi) is 4.31. The lowest BCUT2D eigenvalue weighted by atomic mass is 10.1. The minimum absolute atomic E-state index is 0.139. The van der Waals surface area contributed by atoms with Gasteiger partial charge in [-0.3, -0.25) is 4.79 Å². The molecule has 0 radical (unpaired) electrons. The first-order chi connectivity index (χ1) is 10.2. The van der Waals surface area contributed by atoms with Gasteiger partial charge in [-0.15, -0.1) is 0 Å². The molecule has 0 unspecified atom stereocenters. The van der Waals surface area contributed by atoms with Crippen molar-refractivity contribution in [1.29, 1.82) is 0 Å². The molecule has 1 aromatic heterocycles. The summed E-state index contributed by atoms with van der Waals surface area (Å²) in [6.07, 6.45) is 2.44. The molecule has 1 aliphatic rings. The number of halogens is 1. The van der Waals surface area contributed by atoms with Crippen LogP contribution >= 0.6 is 0 Å². The van der Waals surface area contributed by atoms with Gasteiger partial charge in [-0.1, -0.05) is 12.1 Å². The Hall–Kier alpha value is -1.72. The summed E-state index contributed by atoms with van der Waals surface area (Å²) in [7, 11) is 0. The zero-order valence-corrected chi connectivity index (χ0v) is 11.7. The van der Waals surface area contributed by atoms with Gasteiger partial charge in [0.25, 0.3) is 0 Å². The van der Waals surface area contributed by atoms with E-state index in [0.717, 1.165) is 25.9 Å². The van der Waals surface area contributed by atoms with Crippen molar-refractivity contribution in [2.75, 3.05) is 19.7 Å². The lowest BCUT2D eigenvalue weighted by Gasteiger charge is -2.22. The molecule has 1 aromatic carbocycles. The summed E-state index contributed by atoms with van der Waals surface area (Å²) in [5.74, 6) is -0.402. The molecule has 0 aliphatic carbocycles. The maximum Gasteiger partial charge on any atom is 0.200 e. The normalized spacial score (nSPS) is 16.4. The molecule has 0 spiro atoms. The lowest BCUT2D eigenvalue weighted by molar-refractivity contribution is 0.0309. The number of carbonyl (C=O) groups is 1. The van der Waals surface area contributed by atoms with Gasteiger partial charge in [0, 0.05) is 11.8 Å². The standard InChI is InChI=1S/C16H18FNO3/c17-13-3-1-2-11-10-15(21-16(11)13)14(19)6-9-20-12-4-7-18-8-5-12/h1-3,10,12,18H,4-9H2. The van der Waals surface area contributed by atoms with Crippen LogP contribution in [0.15, 0.2) is 28.7 Å². The number of Topliss-reactive ketones (excluding diaryl/α,β-unsaturated/α-hetero) is 1. The van der Waals surface area contributed by atoms with Crippen LogP contribution in [0.1, 0.15) is 29.8 Å². The van der Waals surface area contributed by atoms with Gasteiger partial charge in [-0.2, -0.15) is 0 Å². The van der Waals surface area contributed by atoms with Crippen LogP contribution in [-0.2, 0) is 4.74 Å². The highest BCUT2D eigenvalue weighted by molar-refractivity contribution is 5.97. The zero-order chi connectivity index (χ0) is 14.7. The van der Waals surface area contributed by atoms with Gasteiger partial charge >= 0.3 is 0 Å². The van der Waals surface area contributed by atoms with Gasteiger partial charge in [-0.25, -0.2) is 4.39 Å². The number of carbonyl (C=O) groups excluding carboxylic acids is 1. The first-order valence-electron chi connectivity index (χ1n) is 7.27. The third-order valence-electron chi connectivity index (χ3n) is 3.74. The average Bonchev–Trinajstić information content (AvgIpc) is 2.94. The SMILES string of the molecule is O=C(CCOC1CCNCC1)c1cc2cccc(F)c2o1. The summed E-state index contributed by atoms with van der Waals surface area (Å²) in [6, 6.07) is 6.23. The minimum Gasteiger partial charge on any atom is -0.450 e. The summed E-state index contributed by atoms with van der Waals surface area (Å²) >= 11 is 0. The summed E-state index contributed by atoms with van der Waals surface area (Å²) in [5, 5.41) is 3.87. The molecule has 1 fully saturated rings. The highest BCUT2D eigenvalue weighted by atomic mass is 19.1. The number of ketones is 1. The van der Waals surface area contributed by atoms with E-state index in [1.807, 2.05) is 0 Å². The van der Waals surface area contributed by atoms with Crippen LogP contribution in [0, 0.1) is 5.82 Å². The maximum absolute atomic E-state index is 13.5. The van der Waals surface area contributed by atoms with E-state index in [2.05, 4.69) is 5.32 Å². The molecule has 2 aromatic rings. The molecule has 4 nitrogen and oxygen atoms in total. The highest BCUT2D eigenvalue weighted by Gasteiger charge is 2.17. The van der Waals surface area contributed by atoms with Crippen molar-refractivity contribution in [3.63, 3.8) is 0 Å². The smallest absolute Gasteiger partial charge is 0.200 e. The van der Waals surface area contributed by atoms with Crippen LogP contribution in [-0.4, -0.2) is 31.6 Å². The lowest BCUT2D eigenvalue weighted by Crippen LogP contribution is -2.32. The van der Waals surface area contributed by atoms with Crippen molar-refractivity contribution in [2.24, 2.45) is 0 Å². The van der Waals surface area contributed by atoms with Gasteiger partial charge in [0.1, 0.15) is 0 Å². The average molecular weight is 291 g/mol. The zero-order valence-electron chi connectivity index (χ0n) is 11.7. The highest BCUT2D eigenvalue weighted by Crippen LogP contribution is 2.23. The number of ether oxygens (including phenoxy) is 1. The number of hydrogen-bond donors (Lipinski definition) is 1. The van der Waals surface area contributed by atoms with Gasteiger partial charge in [0.15, 0.2) is 22.9 Å². The van der Waals surface area contributed by atoms with Crippen molar-refractivity contribution in [3.8, 4) is 0 Å². The molecule has 21 heavy (non-hydrogen) atoms. The van der Waals surface area contributed by atoms with Crippen molar-refractivity contribution < 1.29 is 18.3 Å². The Morgan fingerprint density at radius 3 is 2.95 bits per heavy atom. The van der Waals surface area contributed by atoms with Crippen LogP contribution in [0.3, 0.4) is 0 Å². The quantitative estimate of drug-likeness (QED) is 0.861. The number of benzene rings is 1. The molecule has 0 bridgehead atoms. The predicted molar refractivity (Wildman–Crippen MR) is 77.0 cm³/mol. The van der Waals surface area contributed by atoms with Crippen LogP contribution < -0.4 is 5.32 Å². The Balaban J connectivity index is 1.57. The van der Waals surface area contributed by atoms with Crippen molar-refractivity contribution in [3.05, 3.63) is 35.8 Å². The second-order valence-corrected chi connectivity index (χ2v) is 5.26. The molecule has 112 valence electrons. The largest absolute Gasteiger partial charge is 0.450 e. The molecule has 1 saturated heterocycles. The van der Waals surface area contributed by atoms with E-state index in [4.69, 9.17) is 9.15 Å². The first-order valence-corrected chi connectivity index (χ1v) is 7.27. The summed E-state index contributed by atoms with van der Waals surface area (Å²) in [5.41, 5.74) is 0.139. The molecule has 3 rings (SSSR count). The molecule has 0 saturated carbocycles. The molecule has 1 aliphatic heterocycles. The van der Waals surface area contributed by atoms with E-state index in [1.165, 1.54) is 6.07 Å². The Bertz CT molecular complexity index is 631. The number of furan rings is 1. The fourth-order valence-electron chi connectivity index (χ4n) is 2.57. The van der Waals surface area contributed by atoms with Gasteiger partial charge < -0.3 is 14.5 Å². The van der Waals surface area contributed by atoms with E-state index in [0.29, 0.717) is 12.0 Å². The monoisotopic (exact) mass is 291 g/mol. The van der Waals surface area contributed by atoms with Crippen LogP contribution in [0.25, 0.3) is 11.0 Å². The number of hydrogen-bond acceptors (Lipinski definition) is 4. The summed E-state index contributed by atoms with van der Waals surface area (Å²) in [6.45, 7) is 2.30. The second kappa shape index (κ2) is 6.37. The van der Waals surface area contributed by atoms with Crippen molar-refractivity contribution >= 4 is 16.8 Å². The molecule has 0 atom stereocenters. The molecule has 1 N–H and O–H groups in total. The first kappa shape index (κ1) is 14.2. The number of fused-ring (bicyclic) bond motifs is 1. The summed E-state index contributed by atoms with van der Waals surface area (Å²) < 4.78 is 24.5. The van der Waals surface area contributed by atoms with E-state index in [-0.39, 0.29) is 29.7 Å². The Morgan fingerprint density at radius 2 is 2.19 bits per heavy atom. The second-order valence-electron chi connectivity index (χ2n) is 5.26. The molecule has 0 amide bonds. The molecular formula is C16H18FNO3. The minimum atomic E-state index is -0.447. The number of rotatable bonds is 5. The van der Waals surface area contributed by atoms with Gasteiger partial charge in [0.2, 0.25) is 0 Å². The van der Waals surface area contributed by atoms with E-state index < -0.39 is 5.82 Å². The molecule has 5 heteroatoms.